The second-order valence-electron chi connectivity index (χ2n) is 10.2. The van der Waals surface area contributed by atoms with Crippen molar-refractivity contribution < 1.29 is 9.90 Å². The molecule has 0 amide bonds. The van der Waals surface area contributed by atoms with E-state index in [4.69, 9.17) is 0 Å². The van der Waals surface area contributed by atoms with E-state index in [-0.39, 0.29) is 0 Å². The quantitative estimate of drug-likeness (QED) is 0.259. The van der Waals surface area contributed by atoms with Crippen molar-refractivity contribution in [1.82, 2.24) is 34.2 Å². The number of carboxylic acid groups (broad SMARTS) is 1. The first-order valence-corrected chi connectivity index (χ1v) is 13.8. The van der Waals surface area contributed by atoms with Crippen molar-refractivity contribution in [3.05, 3.63) is 71.8 Å². The van der Waals surface area contributed by atoms with Gasteiger partial charge in [0.1, 0.15) is 17.7 Å². The monoisotopic (exact) mass is 523 g/mol. The minimum absolute atomic E-state index is 0.391. The molecule has 0 aliphatic heterocycles. The van der Waals surface area contributed by atoms with E-state index in [9.17, 15) is 9.90 Å². The summed E-state index contributed by atoms with van der Waals surface area (Å²) < 4.78 is 2.05. The molecule has 0 saturated carbocycles. The van der Waals surface area contributed by atoms with Crippen LogP contribution < -0.4 is 0 Å². The molecule has 0 unspecified atom stereocenters. The van der Waals surface area contributed by atoms with Crippen LogP contribution in [0.3, 0.4) is 0 Å². The summed E-state index contributed by atoms with van der Waals surface area (Å²) in [6.07, 6.45) is 10.9. The zero-order valence-electron chi connectivity index (χ0n) is 23.5. The highest BCUT2D eigenvalue weighted by Gasteiger charge is 2.24. The number of aryl methyl sites for hydroxylation is 1. The molecule has 2 heterocycles. The number of rotatable bonds is 18. The molecule has 2 N–H and O–H groups in total. The summed E-state index contributed by atoms with van der Waals surface area (Å²) in [4.78, 5) is 30.7. The molecule has 0 fully saturated rings. The number of aromatic amines is 1. The van der Waals surface area contributed by atoms with E-state index in [0.717, 1.165) is 76.7 Å². The zero-order chi connectivity index (χ0) is 27.3. The van der Waals surface area contributed by atoms with Crippen LogP contribution in [0.5, 0.6) is 0 Å². The van der Waals surface area contributed by atoms with Gasteiger partial charge in [-0.05, 0) is 63.5 Å². The summed E-state index contributed by atoms with van der Waals surface area (Å²) in [6.45, 7) is 9.87. The van der Waals surface area contributed by atoms with Crippen molar-refractivity contribution in [2.75, 3.05) is 26.7 Å². The molecule has 1 atom stereocenters. The van der Waals surface area contributed by atoms with Crippen LogP contribution in [-0.4, -0.2) is 78.0 Å². The van der Waals surface area contributed by atoms with Gasteiger partial charge >= 0.3 is 5.97 Å². The highest BCUT2D eigenvalue weighted by molar-refractivity contribution is 5.73. The van der Waals surface area contributed by atoms with Gasteiger partial charge in [-0.2, -0.15) is 0 Å². The largest absolute Gasteiger partial charge is 0.480 e. The first-order chi connectivity index (χ1) is 18.4. The smallest absolute Gasteiger partial charge is 0.320 e. The Balaban J connectivity index is 1.51. The van der Waals surface area contributed by atoms with Gasteiger partial charge in [-0.1, -0.05) is 38.1 Å². The number of hydrogen-bond acceptors (Lipinski definition) is 6. The third-order valence-electron chi connectivity index (χ3n) is 6.86. The first kappa shape index (κ1) is 29.5. The van der Waals surface area contributed by atoms with E-state index in [0.29, 0.717) is 6.42 Å². The maximum atomic E-state index is 11.9. The molecule has 2 aromatic heterocycles. The number of carbonyl (C=O) groups is 1. The van der Waals surface area contributed by atoms with Crippen LogP contribution in [0, 0.1) is 0 Å². The summed E-state index contributed by atoms with van der Waals surface area (Å²) in [7, 11) is 4.13. The SMILES string of the molecule is CCCN(CCC)[C@H](CCCN(C)Cc1ccc(CN(Cc2ncc[nH]2)Cc2nccn2C)cc1)C(=O)O. The molecule has 208 valence electrons. The van der Waals surface area contributed by atoms with Crippen molar-refractivity contribution in [2.24, 2.45) is 7.05 Å². The van der Waals surface area contributed by atoms with Crippen LogP contribution >= 0.6 is 0 Å². The lowest BCUT2D eigenvalue weighted by Gasteiger charge is -2.28. The Labute approximate surface area is 227 Å². The van der Waals surface area contributed by atoms with E-state index < -0.39 is 12.0 Å². The lowest BCUT2D eigenvalue weighted by Crippen LogP contribution is -2.42. The molecule has 0 aliphatic carbocycles. The Morgan fingerprint density at radius 2 is 1.66 bits per heavy atom. The zero-order valence-corrected chi connectivity index (χ0v) is 23.5. The highest BCUT2D eigenvalue weighted by Crippen LogP contribution is 2.15. The van der Waals surface area contributed by atoms with Gasteiger partial charge in [0.05, 0.1) is 13.1 Å². The Hall–Kier alpha value is -3.01. The Morgan fingerprint density at radius 3 is 2.21 bits per heavy atom. The van der Waals surface area contributed by atoms with Gasteiger partial charge in [0.15, 0.2) is 0 Å². The molecule has 3 aromatic rings. The molecule has 38 heavy (non-hydrogen) atoms. The summed E-state index contributed by atoms with van der Waals surface area (Å²) in [6, 6.07) is 8.40. The van der Waals surface area contributed by atoms with Gasteiger partial charge in [-0.3, -0.25) is 14.6 Å². The fraction of sp³-hybridized carbons (Fsp3) is 0.552. The fourth-order valence-corrected chi connectivity index (χ4v) is 4.93. The number of carboxylic acids is 1. The third kappa shape index (κ3) is 9.38. The van der Waals surface area contributed by atoms with Crippen LogP contribution in [-0.2, 0) is 38.0 Å². The molecule has 0 saturated heterocycles. The second-order valence-corrected chi connectivity index (χ2v) is 10.2. The van der Waals surface area contributed by atoms with Crippen LogP contribution in [0.4, 0.5) is 0 Å². The molecule has 0 spiro atoms. The molecule has 0 radical (unpaired) electrons. The molecule has 3 rings (SSSR count). The summed E-state index contributed by atoms with van der Waals surface area (Å²) in [5.74, 6) is 1.26. The van der Waals surface area contributed by atoms with Crippen LogP contribution in [0.2, 0.25) is 0 Å². The number of hydrogen-bond donors (Lipinski definition) is 2. The number of nitrogens with one attached hydrogen (secondary N) is 1. The maximum absolute atomic E-state index is 11.9. The van der Waals surface area contributed by atoms with Gasteiger partial charge in [0.25, 0.3) is 0 Å². The van der Waals surface area contributed by atoms with Crippen LogP contribution in [0.1, 0.15) is 62.3 Å². The predicted octanol–water partition coefficient (Wildman–Crippen LogP) is 4.13. The van der Waals surface area contributed by atoms with Crippen molar-refractivity contribution in [2.45, 2.75) is 71.8 Å². The topological polar surface area (TPSA) is 93.5 Å². The molecule has 0 bridgehead atoms. The van der Waals surface area contributed by atoms with Gasteiger partial charge in [-0.15, -0.1) is 0 Å². The molecular formula is C29H45N7O2. The molecule has 0 aliphatic rings. The standard InChI is InChI=1S/C29H45N7O2/c1-5-16-36(17-6-2)26(29(37)38)8-7-18-33(3)20-24-9-11-25(12-10-24)21-35(22-27-30-13-14-31-27)23-28-32-15-19-34(28)4/h9-15,19,26H,5-8,16-18,20-23H2,1-4H3,(H,30,31)(H,37,38)/t26-/m1/s1. The maximum Gasteiger partial charge on any atom is 0.320 e. The third-order valence-corrected chi connectivity index (χ3v) is 6.86. The predicted molar refractivity (Wildman–Crippen MR) is 150 cm³/mol. The molecule has 1 aromatic carbocycles. The molecule has 9 nitrogen and oxygen atoms in total. The molecule has 9 heteroatoms. The van der Waals surface area contributed by atoms with Gasteiger partial charge in [0.2, 0.25) is 0 Å². The number of aliphatic carboxylic acids is 1. The Bertz CT molecular complexity index is 1060. The van der Waals surface area contributed by atoms with Gasteiger partial charge in [-0.25, -0.2) is 9.97 Å². The number of benzene rings is 1. The highest BCUT2D eigenvalue weighted by atomic mass is 16.4. The van der Waals surface area contributed by atoms with Crippen molar-refractivity contribution in [3.8, 4) is 0 Å². The summed E-state index contributed by atoms with van der Waals surface area (Å²) in [5, 5.41) is 9.77. The van der Waals surface area contributed by atoms with E-state index in [1.165, 1.54) is 11.1 Å². The van der Waals surface area contributed by atoms with Crippen LogP contribution in [0.25, 0.3) is 0 Å². The number of nitrogens with zero attached hydrogens (tertiary/aromatic N) is 6. The van der Waals surface area contributed by atoms with E-state index in [1.807, 2.05) is 25.6 Å². The lowest BCUT2D eigenvalue weighted by atomic mass is 10.1. The van der Waals surface area contributed by atoms with Crippen LogP contribution in [0.15, 0.2) is 49.1 Å². The normalized spacial score (nSPS) is 12.6. The number of aromatic nitrogens is 4. The summed E-state index contributed by atoms with van der Waals surface area (Å²) in [5.41, 5.74) is 2.50. The Kier molecular flexibility index (Phi) is 12.0. The first-order valence-electron chi connectivity index (χ1n) is 13.8. The average molecular weight is 524 g/mol. The molecular weight excluding hydrogens is 478 g/mol. The second kappa shape index (κ2) is 15.4. The number of H-pyrrole nitrogens is 1. The average Bonchev–Trinajstić information content (AvgIpc) is 3.54. The summed E-state index contributed by atoms with van der Waals surface area (Å²) >= 11 is 0. The number of imidazole rings is 2. The van der Waals surface area contributed by atoms with Crippen molar-refractivity contribution in [1.29, 1.82) is 0 Å². The van der Waals surface area contributed by atoms with E-state index in [1.54, 1.807) is 6.20 Å². The van der Waals surface area contributed by atoms with Gasteiger partial charge < -0.3 is 19.6 Å². The van der Waals surface area contributed by atoms with E-state index >= 15 is 0 Å². The lowest BCUT2D eigenvalue weighted by molar-refractivity contribution is -0.143. The van der Waals surface area contributed by atoms with E-state index in [2.05, 4.69) is 79.4 Å². The minimum atomic E-state index is -0.700. The van der Waals surface area contributed by atoms with Gasteiger partial charge in [0, 0.05) is 44.9 Å². The minimum Gasteiger partial charge on any atom is -0.480 e. The van der Waals surface area contributed by atoms with Crippen molar-refractivity contribution >= 4 is 5.97 Å². The fourth-order valence-electron chi connectivity index (χ4n) is 4.93. The Morgan fingerprint density at radius 1 is 0.974 bits per heavy atom. The van der Waals surface area contributed by atoms with Crippen molar-refractivity contribution in [3.63, 3.8) is 0 Å².